The third kappa shape index (κ3) is 2.23. The van der Waals surface area contributed by atoms with E-state index < -0.39 is 0 Å². The lowest BCUT2D eigenvalue weighted by atomic mass is 9.96. The van der Waals surface area contributed by atoms with Crippen LogP contribution in [0.1, 0.15) is 43.8 Å². The minimum absolute atomic E-state index is 0.597. The van der Waals surface area contributed by atoms with Crippen molar-refractivity contribution in [3.05, 3.63) is 11.6 Å². The molecule has 0 aromatic carbocycles. The third-order valence-corrected chi connectivity index (χ3v) is 4.21. The zero-order chi connectivity index (χ0) is 11.8. The molecule has 1 atom stereocenters. The van der Waals surface area contributed by atoms with Gasteiger partial charge in [-0.15, -0.1) is 0 Å². The van der Waals surface area contributed by atoms with Gasteiger partial charge >= 0.3 is 0 Å². The summed E-state index contributed by atoms with van der Waals surface area (Å²) in [5, 5.41) is 4.72. The van der Waals surface area contributed by atoms with Crippen LogP contribution < -0.4 is 0 Å². The van der Waals surface area contributed by atoms with Crippen molar-refractivity contribution in [3.63, 3.8) is 0 Å². The molecule has 4 heteroatoms. The molecule has 1 unspecified atom stereocenters. The van der Waals surface area contributed by atoms with Gasteiger partial charge in [-0.1, -0.05) is 6.92 Å². The van der Waals surface area contributed by atoms with Gasteiger partial charge in [-0.2, -0.15) is 5.10 Å². The van der Waals surface area contributed by atoms with Gasteiger partial charge < -0.3 is 4.90 Å². The summed E-state index contributed by atoms with van der Waals surface area (Å²) in [5.74, 6) is 3.71. The van der Waals surface area contributed by atoms with E-state index >= 15 is 0 Å². The average molecular weight is 234 g/mol. The quantitative estimate of drug-likeness (QED) is 0.741. The van der Waals surface area contributed by atoms with Gasteiger partial charge in [0, 0.05) is 18.9 Å². The van der Waals surface area contributed by atoms with Gasteiger partial charge in [-0.05, 0) is 45.3 Å². The van der Waals surface area contributed by atoms with E-state index in [2.05, 4.69) is 23.6 Å². The van der Waals surface area contributed by atoms with Crippen LogP contribution in [0.2, 0.25) is 0 Å². The monoisotopic (exact) mass is 234 g/mol. The van der Waals surface area contributed by atoms with Crippen molar-refractivity contribution < 1.29 is 0 Å². The molecular weight excluding hydrogens is 212 g/mol. The number of fused-ring (bicyclic) bond motifs is 1. The molecule has 94 valence electrons. The fraction of sp³-hybridized carbons (Fsp3) is 0.846. The molecule has 1 fully saturated rings. The van der Waals surface area contributed by atoms with Crippen LogP contribution in [0.3, 0.4) is 0 Å². The third-order valence-electron chi connectivity index (χ3n) is 4.21. The van der Waals surface area contributed by atoms with E-state index in [-0.39, 0.29) is 0 Å². The molecule has 0 amide bonds. The van der Waals surface area contributed by atoms with E-state index in [0.29, 0.717) is 5.92 Å². The van der Waals surface area contributed by atoms with Crippen LogP contribution >= 0.6 is 0 Å². The van der Waals surface area contributed by atoms with Crippen molar-refractivity contribution in [2.24, 2.45) is 5.92 Å². The second-order valence-electron chi connectivity index (χ2n) is 5.78. The van der Waals surface area contributed by atoms with E-state index in [4.69, 9.17) is 10.1 Å². The maximum atomic E-state index is 4.78. The molecule has 17 heavy (non-hydrogen) atoms. The fourth-order valence-corrected chi connectivity index (χ4v) is 2.92. The fourth-order valence-electron chi connectivity index (χ4n) is 2.92. The van der Waals surface area contributed by atoms with Gasteiger partial charge in [-0.3, -0.25) is 0 Å². The van der Waals surface area contributed by atoms with Gasteiger partial charge in [0.15, 0.2) is 5.82 Å². The molecule has 3 rings (SSSR count). The number of likely N-dealkylation sites (tertiary alicyclic amines) is 1. The summed E-state index contributed by atoms with van der Waals surface area (Å²) in [6, 6.07) is 0. The topological polar surface area (TPSA) is 34.0 Å². The Balaban J connectivity index is 1.76. The van der Waals surface area contributed by atoms with E-state index in [9.17, 15) is 0 Å². The smallest absolute Gasteiger partial charge is 0.154 e. The molecule has 0 N–H and O–H groups in total. The number of aryl methyl sites for hydroxylation is 1. The molecule has 3 heterocycles. The predicted octanol–water partition coefficient (Wildman–Crippen LogP) is 1.67. The number of nitrogens with zero attached hydrogens (tertiary/aromatic N) is 4. The van der Waals surface area contributed by atoms with E-state index in [1.807, 2.05) is 0 Å². The number of hydrogen-bond donors (Lipinski definition) is 0. The van der Waals surface area contributed by atoms with Crippen LogP contribution in [0.15, 0.2) is 0 Å². The van der Waals surface area contributed by atoms with Gasteiger partial charge in [0.05, 0.1) is 0 Å². The van der Waals surface area contributed by atoms with Crippen LogP contribution in [-0.2, 0) is 13.0 Å². The highest BCUT2D eigenvalue weighted by atomic mass is 15.4. The molecule has 0 bridgehead atoms. The van der Waals surface area contributed by atoms with Crippen LogP contribution in [0.5, 0.6) is 0 Å². The Hall–Kier alpha value is -0.900. The van der Waals surface area contributed by atoms with E-state index in [0.717, 1.165) is 24.7 Å². The Kier molecular flexibility index (Phi) is 2.90. The molecule has 2 aliphatic heterocycles. The largest absolute Gasteiger partial charge is 0.306 e. The number of aromatic nitrogens is 3. The van der Waals surface area contributed by atoms with Crippen LogP contribution in [0, 0.1) is 5.92 Å². The highest BCUT2D eigenvalue weighted by Crippen LogP contribution is 2.27. The minimum Gasteiger partial charge on any atom is -0.306 e. The Morgan fingerprint density at radius 2 is 1.88 bits per heavy atom. The van der Waals surface area contributed by atoms with Crippen molar-refractivity contribution in [2.45, 2.75) is 45.1 Å². The summed E-state index contributed by atoms with van der Waals surface area (Å²) in [5.41, 5.74) is 0. The summed E-state index contributed by atoms with van der Waals surface area (Å²) >= 11 is 0. The van der Waals surface area contributed by atoms with Crippen molar-refractivity contribution in [3.8, 4) is 0 Å². The zero-order valence-corrected chi connectivity index (χ0v) is 10.9. The lowest BCUT2D eigenvalue weighted by Gasteiger charge is -2.27. The summed E-state index contributed by atoms with van der Waals surface area (Å²) in [7, 11) is 2.20. The molecule has 0 radical (unpaired) electrons. The standard InChI is InChI=1S/C13H22N4/c1-10-3-8-17-12(9-10)14-13(15-17)11-4-6-16(2)7-5-11/h10-11H,3-9H2,1-2H3. The van der Waals surface area contributed by atoms with Crippen LogP contribution in [0.4, 0.5) is 0 Å². The minimum atomic E-state index is 0.597. The first kappa shape index (κ1) is 11.2. The SMILES string of the molecule is CC1CCn2nc(C3CCN(C)CC3)nc2C1. The van der Waals surface area contributed by atoms with Gasteiger partial charge in [0.1, 0.15) is 5.82 Å². The molecule has 1 aromatic heterocycles. The predicted molar refractivity (Wildman–Crippen MR) is 67.0 cm³/mol. The summed E-state index contributed by atoms with van der Waals surface area (Å²) in [6.45, 7) is 5.75. The second-order valence-corrected chi connectivity index (χ2v) is 5.78. The van der Waals surface area contributed by atoms with Gasteiger partial charge in [0.25, 0.3) is 0 Å². The molecule has 1 saturated heterocycles. The summed E-state index contributed by atoms with van der Waals surface area (Å²) < 4.78 is 2.15. The van der Waals surface area contributed by atoms with Crippen LogP contribution in [0.25, 0.3) is 0 Å². The van der Waals surface area contributed by atoms with Crippen molar-refractivity contribution in [1.29, 1.82) is 0 Å². The number of hydrogen-bond acceptors (Lipinski definition) is 3. The van der Waals surface area contributed by atoms with Crippen molar-refractivity contribution in [2.75, 3.05) is 20.1 Å². The molecule has 0 spiro atoms. The van der Waals surface area contributed by atoms with Crippen molar-refractivity contribution in [1.82, 2.24) is 19.7 Å². The first-order valence-corrected chi connectivity index (χ1v) is 6.84. The van der Waals surface area contributed by atoms with E-state index in [1.54, 1.807) is 0 Å². The Labute approximate surface area is 103 Å². The van der Waals surface area contributed by atoms with Gasteiger partial charge in [0.2, 0.25) is 0 Å². The number of rotatable bonds is 1. The number of piperidine rings is 1. The average Bonchev–Trinajstić information content (AvgIpc) is 2.72. The Morgan fingerprint density at radius 1 is 1.12 bits per heavy atom. The first-order valence-electron chi connectivity index (χ1n) is 6.84. The lowest BCUT2D eigenvalue weighted by Crippen LogP contribution is -2.29. The molecule has 0 saturated carbocycles. The Morgan fingerprint density at radius 3 is 2.65 bits per heavy atom. The molecule has 1 aromatic rings. The second kappa shape index (κ2) is 4.41. The molecule has 0 aliphatic carbocycles. The summed E-state index contributed by atoms with van der Waals surface area (Å²) in [6.07, 6.45) is 4.80. The first-order chi connectivity index (χ1) is 8.22. The lowest BCUT2D eigenvalue weighted by molar-refractivity contribution is 0.251. The van der Waals surface area contributed by atoms with Crippen LogP contribution in [-0.4, -0.2) is 39.8 Å². The maximum absolute atomic E-state index is 4.78. The molecule has 2 aliphatic rings. The normalized spacial score (nSPS) is 27.1. The maximum Gasteiger partial charge on any atom is 0.154 e. The molecule has 4 nitrogen and oxygen atoms in total. The zero-order valence-electron chi connectivity index (χ0n) is 10.9. The van der Waals surface area contributed by atoms with Gasteiger partial charge in [-0.25, -0.2) is 9.67 Å². The Bertz CT molecular complexity index is 390. The highest BCUT2D eigenvalue weighted by Gasteiger charge is 2.25. The van der Waals surface area contributed by atoms with E-state index in [1.165, 1.54) is 38.2 Å². The summed E-state index contributed by atoms with van der Waals surface area (Å²) in [4.78, 5) is 7.18. The highest BCUT2D eigenvalue weighted by molar-refractivity contribution is 5.03. The molecular formula is C13H22N4. The van der Waals surface area contributed by atoms with Crippen molar-refractivity contribution >= 4 is 0 Å².